The minimum atomic E-state index is -0.391. The summed E-state index contributed by atoms with van der Waals surface area (Å²) in [5.41, 5.74) is 1.49. The number of halogens is 1. The molecule has 5 nitrogen and oxygen atoms in total. The van der Waals surface area contributed by atoms with Gasteiger partial charge in [0.2, 0.25) is 5.91 Å². The highest BCUT2D eigenvalue weighted by atomic mass is 35.5. The first-order valence-corrected chi connectivity index (χ1v) is 7.82. The number of carbonyl (C=O) groups excluding carboxylic acids is 2. The van der Waals surface area contributed by atoms with Gasteiger partial charge in [0.1, 0.15) is 0 Å². The van der Waals surface area contributed by atoms with Crippen LogP contribution in [-0.2, 0) is 11.8 Å². The second-order valence-corrected chi connectivity index (χ2v) is 6.15. The molecule has 0 bridgehead atoms. The highest BCUT2D eigenvalue weighted by molar-refractivity contribution is 6.30. The largest absolute Gasteiger partial charge is 0.349 e. The number of nitrogens with zero attached hydrogens (tertiary/aromatic N) is 2. The summed E-state index contributed by atoms with van der Waals surface area (Å²) in [6.45, 7) is 3.64. The Morgan fingerprint density at radius 2 is 1.91 bits per heavy atom. The van der Waals surface area contributed by atoms with Crippen molar-refractivity contribution in [3.05, 3.63) is 52.8 Å². The van der Waals surface area contributed by atoms with E-state index in [1.165, 1.54) is 0 Å². The fourth-order valence-electron chi connectivity index (χ4n) is 2.32. The zero-order chi connectivity index (χ0) is 17.0. The molecule has 0 saturated heterocycles. The highest BCUT2D eigenvalue weighted by Gasteiger charge is 2.20. The monoisotopic (exact) mass is 333 g/mol. The van der Waals surface area contributed by atoms with Gasteiger partial charge in [0, 0.05) is 41.7 Å². The van der Waals surface area contributed by atoms with Gasteiger partial charge < -0.3 is 5.32 Å². The number of aromatic nitrogens is 2. The lowest BCUT2D eigenvalue weighted by atomic mass is 9.96. The van der Waals surface area contributed by atoms with E-state index >= 15 is 0 Å². The Morgan fingerprint density at radius 3 is 2.48 bits per heavy atom. The zero-order valence-corrected chi connectivity index (χ0v) is 14.2. The minimum Gasteiger partial charge on any atom is -0.349 e. The Bertz CT molecular complexity index is 694. The van der Waals surface area contributed by atoms with Crippen LogP contribution >= 0.6 is 11.6 Å². The van der Waals surface area contributed by atoms with Crippen molar-refractivity contribution in [1.29, 1.82) is 0 Å². The van der Waals surface area contributed by atoms with Gasteiger partial charge in [-0.05, 0) is 31.2 Å². The third-order valence-electron chi connectivity index (χ3n) is 3.67. The molecule has 122 valence electrons. The SMILES string of the molecule is CC(CC(=O)NC(C)c1cnn(C)c1)C(=O)c1ccc(Cl)cc1. The number of benzene rings is 1. The number of nitrogens with one attached hydrogen (secondary N) is 1. The number of hydrogen-bond donors (Lipinski definition) is 1. The van der Waals surface area contributed by atoms with Gasteiger partial charge in [-0.25, -0.2) is 0 Å². The average Bonchev–Trinajstić information content (AvgIpc) is 2.93. The van der Waals surface area contributed by atoms with E-state index in [4.69, 9.17) is 11.6 Å². The fourth-order valence-corrected chi connectivity index (χ4v) is 2.44. The topological polar surface area (TPSA) is 64.0 Å². The average molecular weight is 334 g/mol. The Labute approximate surface area is 140 Å². The van der Waals surface area contributed by atoms with E-state index in [2.05, 4.69) is 10.4 Å². The molecule has 2 rings (SSSR count). The summed E-state index contributed by atoms with van der Waals surface area (Å²) in [6.07, 6.45) is 3.71. The molecular formula is C17H20ClN3O2. The summed E-state index contributed by atoms with van der Waals surface area (Å²) < 4.78 is 1.69. The molecule has 1 amide bonds. The molecule has 23 heavy (non-hydrogen) atoms. The molecule has 0 aliphatic carbocycles. The first-order valence-electron chi connectivity index (χ1n) is 7.44. The molecule has 2 unspecified atom stereocenters. The smallest absolute Gasteiger partial charge is 0.221 e. The van der Waals surface area contributed by atoms with Crippen LogP contribution in [0.1, 0.15) is 42.2 Å². The van der Waals surface area contributed by atoms with Gasteiger partial charge in [0.25, 0.3) is 0 Å². The zero-order valence-electron chi connectivity index (χ0n) is 13.4. The van der Waals surface area contributed by atoms with Crippen LogP contribution in [0.5, 0.6) is 0 Å². The summed E-state index contributed by atoms with van der Waals surface area (Å²) in [4.78, 5) is 24.4. The highest BCUT2D eigenvalue weighted by Crippen LogP contribution is 2.16. The lowest BCUT2D eigenvalue weighted by Crippen LogP contribution is -2.29. The van der Waals surface area contributed by atoms with Crippen LogP contribution in [0.3, 0.4) is 0 Å². The van der Waals surface area contributed by atoms with E-state index in [1.807, 2.05) is 20.2 Å². The molecule has 0 radical (unpaired) electrons. The van der Waals surface area contributed by atoms with Crippen molar-refractivity contribution in [2.24, 2.45) is 13.0 Å². The predicted molar refractivity (Wildman–Crippen MR) is 89.3 cm³/mol. The van der Waals surface area contributed by atoms with Crippen LogP contribution in [-0.4, -0.2) is 21.5 Å². The first kappa shape index (κ1) is 17.2. The summed E-state index contributed by atoms with van der Waals surface area (Å²) >= 11 is 5.82. The van der Waals surface area contributed by atoms with Crippen LogP contribution in [0.4, 0.5) is 0 Å². The molecule has 0 saturated carbocycles. The number of Topliss-reactive ketones (excluding diaryl/α,β-unsaturated/α-hetero) is 1. The van der Waals surface area contributed by atoms with Gasteiger partial charge in [-0.1, -0.05) is 18.5 Å². The van der Waals surface area contributed by atoms with E-state index in [0.717, 1.165) is 5.56 Å². The normalized spacial score (nSPS) is 13.4. The number of aryl methyl sites for hydroxylation is 1. The van der Waals surface area contributed by atoms with Crippen LogP contribution < -0.4 is 5.32 Å². The number of ketones is 1. The summed E-state index contributed by atoms with van der Waals surface area (Å²) in [6, 6.07) is 6.56. The molecule has 2 atom stereocenters. The quantitative estimate of drug-likeness (QED) is 0.826. The molecule has 2 aromatic rings. The maximum absolute atomic E-state index is 12.3. The molecular weight excluding hydrogens is 314 g/mol. The van der Waals surface area contributed by atoms with Gasteiger partial charge in [0.05, 0.1) is 12.2 Å². The van der Waals surface area contributed by atoms with E-state index in [0.29, 0.717) is 10.6 Å². The standard InChI is InChI=1S/C17H20ClN3O2/c1-11(17(23)13-4-6-15(18)7-5-13)8-16(22)20-12(2)14-9-19-21(3)10-14/h4-7,9-12H,8H2,1-3H3,(H,20,22). The van der Waals surface area contributed by atoms with E-state index in [1.54, 1.807) is 42.1 Å². The number of carbonyl (C=O) groups is 2. The lowest BCUT2D eigenvalue weighted by molar-refractivity contribution is -0.122. The molecule has 1 aromatic carbocycles. The van der Waals surface area contributed by atoms with Crippen molar-refractivity contribution in [2.45, 2.75) is 26.3 Å². The summed E-state index contributed by atoms with van der Waals surface area (Å²) in [5.74, 6) is -0.612. The molecule has 0 fully saturated rings. The summed E-state index contributed by atoms with van der Waals surface area (Å²) in [7, 11) is 1.82. The Hall–Kier alpha value is -2.14. The van der Waals surface area contributed by atoms with Crippen molar-refractivity contribution >= 4 is 23.3 Å². The molecule has 1 aromatic heterocycles. The minimum absolute atomic E-state index is 0.0640. The van der Waals surface area contributed by atoms with Crippen molar-refractivity contribution < 1.29 is 9.59 Å². The van der Waals surface area contributed by atoms with Gasteiger partial charge in [-0.2, -0.15) is 5.10 Å². The van der Waals surface area contributed by atoms with Gasteiger partial charge in [0.15, 0.2) is 5.78 Å². The Morgan fingerprint density at radius 1 is 1.26 bits per heavy atom. The molecule has 0 aliphatic rings. The van der Waals surface area contributed by atoms with E-state index < -0.39 is 5.92 Å². The van der Waals surface area contributed by atoms with E-state index in [-0.39, 0.29) is 24.2 Å². The summed E-state index contributed by atoms with van der Waals surface area (Å²) in [5, 5.41) is 7.55. The Kier molecular flexibility index (Phi) is 5.55. The molecule has 1 heterocycles. The maximum atomic E-state index is 12.3. The lowest BCUT2D eigenvalue weighted by Gasteiger charge is -2.15. The molecule has 0 aliphatic heterocycles. The third kappa shape index (κ3) is 4.66. The number of hydrogen-bond acceptors (Lipinski definition) is 3. The van der Waals surface area contributed by atoms with Crippen molar-refractivity contribution in [2.75, 3.05) is 0 Å². The maximum Gasteiger partial charge on any atom is 0.221 e. The fraction of sp³-hybridized carbons (Fsp3) is 0.353. The second kappa shape index (κ2) is 7.42. The van der Waals surface area contributed by atoms with Gasteiger partial charge in [-0.3, -0.25) is 14.3 Å². The first-order chi connectivity index (χ1) is 10.9. The second-order valence-electron chi connectivity index (χ2n) is 5.71. The predicted octanol–water partition coefficient (Wildman–Crippen LogP) is 3.16. The Balaban J connectivity index is 1.91. The molecule has 6 heteroatoms. The van der Waals surface area contributed by atoms with Crippen molar-refractivity contribution in [3.8, 4) is 0 Å². The van der Waals surface area contributed by atoms with Gasteiger partial charge in [-0.15, -0.1) is 0 Å². The number of rotatable bonds is 6. The van der Waals surface area contributed by atoms with Gasteiger partial charge >= 0.3 is 0 Å². The molecule has 1 N–H and O–H groups in total. The van der Waals surface area contributed by atoms with Crippen LogP contribution in [0.25, 0.3) is 0 Å². The third-order valence-corrected chi connectivity index (χ3v) is 3.92. The number of amides is 1. The van der Waals surface area contributed by atoms with Crippen LogP contribution in [0, 0.1) is 5.92 Å². The van der Waals surface area contributed by atoms with Crippen molar-refractivity contribution in [1.82, 2.24) is 15.1 Å². The molecule has 0 spiro atoms. The van der Waals surface area contributed by atoms with Crippen LogP contribution in [0.15, 0.2) is 36.7 Å². The van der Waals surface area contributed by atoms with E-state index in [9.17, 15) is 9.59 Å². The van der Waals surface area contributed by atoms with Crippen molar-refractivity contribution in [3.63, 3.8) is 0 Å². The van der Waals surface area contributed by atoms with Crippen LogP contribution in [0.2, 0.25) is 5.02 Å².